The van der Waals surface area contributed by atoms with Gasteiger partial charge in [0.2, 0.25) is 5.91 Å². The Hall–Kier alpha value is -3.12. The van der Waals surface area contributed by atoms with Crippen LogP contribution in [0.15, 0.2) is 54.7 Å². The van der Waals surface area contributed by atoms with Gasteiger partial charge >= 0.3 is 5.97 Å². The molecule has 4 N–H and O–H groups in total. The number of carboxylic acids is 1. The number of aliphatic carboxylic acids is 1. The Labute approximate surface area is 168 Å². The molecule has 1 amide bonds. The zero-order chi connectivity index (χ0) is 20.4. The average molecular weight is 392 g/mol. The van der Waals surface area contributed by atoms with E-state index in [9.17, 15) is 19.8 Å². The first-order chi connectivity index (χ1) is 14.0. The summed E-state index contributed by atoms with van der Waals surface area (Å²) in [7, 11) is 0. The summed E-state index contributed by atoms with van der Waals surface area (Å²) >= 11 is 0. The Morgan fingerprint density at radius 2 is 1.72 bits per heavy atom. The Morgan fingerprint density at radius 1 is 1.07 bits per heavy atom. The minimum absolute atomic E-state index is 0.221. The Balaban J connectivity index is 1.54. The lowest BCUT2D eigenvalue weighted by Crippen LogP contribution is -2.49. The number of hydrogen-bond donors (Lipinski definition) is 4. The SMILES string of the molecule is O=C(O)CC1(C(=O)N[C@H](CO)Cc2c[nH]c3ccccc23)Cc2ccccc2C1. The third-order valence-electron chi connectivity index (χ3n) is 5.84. The van der Waals surface area contributed by atoms with Gasteiger partial charge in [-0.2, -0.15) is 0 Å². The van der Waals surface area contributed by atoms with Crippen LogP contribution in [0.1, 0.15) is 23.1 Å². The van der Waals surface area contributed by atoms with Crippen LogP contribution in [0, 0.1) is 5.41 Å². The van der Waals surface area contributed by atoms with Crippen LogP contribution in [0.3, 0.4) is 0 Å². The molecule has 0 bridgehead atoms. The number of hydrogen-bond acceptors (Lipinski definition) is 3. The number of aromatic amines is 1. The third kappa shape index (κ3) is 3.76. The zero-order valence-electron chi connectivity index (χ0n) is 16.0. The van der Waals surface area contributed by atoms with E-state index in [2.05, 4.69) is 10.3 Å². The lowest BCUT2D eigenvalue weighted by Gasteiger charge is -2.28. The molecule has 1 atom stereocenters. The first-order valence-corrected chi connectivity index (χ1v) is 9.76. The van der Waals surface area contributed by atoms with Gasteiger partial charge in [-0.15, -0.1) is 0 Å². The molecule has 6 heteroatoms. The monoisotopic (exact) mass is 392 g/mol. The number of H-pyrrole nitrogens is 1. The molecule has 1 aliphatic carbocycles. The molecule has 0 aliphatic heterocycles. The largest absolute Gasteiger partial charge is 0.481 e. The fourth-order valence-corrected chi connectivity index (χ4v) is 4.42. The Bertz CT molecular complexity index is 1030. The minimum atomic E-state index is -1.02. The van der Waals surface area contributed by atoms with Gasteiger partial charge in [0, 0.05) is 17.1 Å². The molecule has 4 rings (SSSR count). The molecular formula is C23H24N2O4. The maximum absolute atomic E-state index is 13.2. The summed E-state index contributed by atoms with van der Waals surface area (Å²) in [6.07, 6.45) is 2.90. The van der Waals surface area contributed by atoms with E-state index in [-0.39, 0.29) is 18.9 Å². The summed E-state index contributed by atoms with van der Waals surface area (Å²) in [5.74, 6) is -1.31. The van der Waals surface area contributed by atoms with Gasteiger partial charge in [0.25, 0.3) is 0 Å². The second-order valence-electron chi connectivity index (χ2n) is 7.89. The molecule has 1 aromatic heterocycles. The molecule has 1 aliphatic rings. The van der Waals surface area contributed by atoms with Gasteiger partial charge in [-0.3, -0.25) is 9.59 Å². The maximum Gasteiger partial charge on any atom is 0.304 e. The van der Waals surface area contributed by atoms with Crippen molar-refractivity contribution in [3.63, 3.8) is 0 Å². The minimum Gasteiger partial charge on any atom is -0.481 e. The van der Waals surface area contributed by atoms with Crippen molar-refractivity contribution in [1.29, 1.82) is 0 Å². The smallest absolute Gasteiger partial charge is 0.304 e. The lowest BCUT2D eigenvalue weighted by molar-refractivity contribution is -0.145. The number of rotatable bonds is 7. The summed E-state index contributed by atoms with van der Waals surface area (Å²) in [6, 6.07) is 15.1. The summed E-state index contributed by atoms with van der Waals surface area (Å²) in [4.78, 5) is 28.0. The van der Waals surface area contributed by atoms with Gasteiger partial charge in [0.05, 0.1) is 24.5 Å². The van der Waals surface area contributed by atoms with E-state index in [1.54, 1.807) is 0 Å². The molecule has 3 aromatic rings. The highest BCUT2D eigenvalue weighted by atomic mass is 16.4. The van der Waals surface area contributed by atoms with E-state index in [0.29, 0.717) is 19.3 Å². The summed E-state index contributed by atoms with van der Waals surface area (Å²) in [6.45, 7) is -0.221. The molecule has 0 radical (unpaired) electrons. The van der Waals surface area contributed by atoms with E-state index in [0.717, 1.165) is 27.6 Å². The van der Waals surface area contributed by atoms with E-state index in [1.807, 2.05) is 54.7 Å². The normalized spacial score (nSPS) is 15.8. The predicted molar refractivity (Wildman–Crippen MR) is 110 cm³/mol. The number of carboxylic acid groups (broad SMARTS) is 1. The number of para-hydroxylation sites is 1. The Kier molecular flexibility index (Phi) is 5.11. The second kappa shape index (κ2) is 7.72. The number of aliphatic hydroxyl groups is 1. The number of carbonyl (C=O) groups is 2. The van der Waals surface area contributed by atoms with Crippen molar-refractivity contribution in [3.8, 4) is 0 Å². The van der Waals surface area contributed by atoms with Crippen LogP contribution >= 0.6 is 0 Å². The van der Waals surface area contributed by atoms with Crippen LogP contribution in [0.25, 0.3) is 10.9 Å². The molecule has 0 saturated carbocycles. The fraction of sp³-hybridized carbons (Fsp3) is 0.304. The van der Waals surface area contributed by atoms with Crippen molar-refractivity contribution >= 4 is 22.8 Å². The van der Waals surface area contributed by atoms with E-state index in [4.69, 9.17) is 0 Å². The van der Waals surface area contributed by atoms with Crippen LogP contribution in [-0.4, -0.2) is 39.7 Å². The zero-order valence-corrected chi connectivity index (χ0v) is 16.0. The van der Waals surface area contributed by atoms with E-state index in [1.165, 1.54) is 0 Å². The van der Waals surface area contributed by atoms with Gasteiger partial charge in [-0.05, 0) is 42.0 Å². The van der Waals surface area contributed by atoms with E-state index < -0.39 is 17.4 Å². The molecule has 150 valence electrons. The van der Waals surface area contributed by atoms with Crippen LogP contribution in [0.5, 0.6) is 0 Å². The molecule has 29 heavy (non-hydrogen) atoms. The fourth-order valence-electron chi connectivity index (χ4n) is 4.42. The number of benzene rings is 2. The highest BCUT2D eigenvalue weighted by Gasteiger charge is 2.45. The summed E-state index contributed by atoms with van der Waals surface area (Å²) in [5.41, 5.74) is 3.01. The highest BCUT2D eigenvalue weighted by molar-refractivity contribution is 5.89. The number of aliphatic hydroxyl groups excluding tert-OH is 1. The third-order valence-corrected chi connectivity index (χ3v) is 5.84. The molecular weight excluding hydrogens is 368 g/mol. The summed E-state index contributed by atoms with van der Waals surface area (Å²) < 4.78 is 0. The van der Waals surface area contributed by atoms with Crippen molar-refractivity contribution in [2.45, 2.75) is 31.7 Å². The van der Waals surface area contributed by atoms with Gasteiger partial charge in [-0.1, -0.05) is 42.5 Å². The molecule has 6 nitrogen and oxygen atoms in total. The lowest BCUT2D eigenvalue weighted by atomic mass is 9.80. The number of fused-ring (bicyclic) bond motifs is 2. The topological polar surface area (TPSA) is 102 Å². The second-order valence-corrected chi connectivity index (χ2v) is 7.89. The van der Waals surface area contributed by atoms with Crippen LogP contribution in [-0.2, 0) is 28.9 Å². The number of carbonyl (C=O) groups excluding carboxylic acids is 1. The maximum atomic E-state index is 13.2. The first-order valence-electron chi connectivity index (χ1n) is 9.76. The standard InChI is InChI=1S/C23H24N2O4/c26-14-18(9-17-13-24-20-8-4-3-7-19(17)20)25-22(29)23(12-21(27)28)10-15-5-1-2-6-16(15)11-23/h1-8,13,18,24,26H,9-12,14H2,(H,25,29)(H,27,28)/t18-/m0/s1. The van der Waals surface area contributed by atoms with Crippen molar-refractivity contribution in [2.75, 3.05) is 6.61 Å². The summed E-state index contributed by atoms with van der Waals surface area (Å²) in [5, 5.41) is 23.3. The van der Waals surface area contributed by atoms with Gasteiger partial charge in [-0.25, -0.2) is 0 Å². The first kappa shape index (κ1) is 19.2. The van der Waals surface area contributed by atoms with Crippen LogP contribution < -0.4 is 5.32 Å². The molecule has 0 saturated heterocycles. The van der Waals surface area contributed by atoms with Crippen molar-refractivity contribution in [1.82, 2.24) is 10.3 Å². The van der Waals surface area contributed by atoms with E-state index >= 15 is 0 Å². The average Bonchev–Trinajstić information content (AvgIpc) is 3.28. The van der Waals surface area contributed by atoms with Gasteiger partial charge in [0.15, 0.2) is 0 Å². The molecule has 2 aromatic carbocycles. The van der Waals surface area contributed by atoms with Gasteiger partial charge in [0.1, 0.15) is 0 Å². The molecule has 0 fully saturated rings. The highest BCUT2D eigenvalue weighted by Crippen LogP contribution is 2.40. The van der Waals surface area contributed by atoms with Crippen LogP contribution in [0.2, 0.25) is 0 Å². The number of nitrogens with one attached hydrogen (secondary N) is 2. The molecule has 0 spiro atoms. The molecule has 1 heterocycles. The predicted octanol–water partition coefficient (Wildman–Crippen LogP) is 2.45. The quantitative estimate of drug-likeness (QED) is 0.496. The number of amides is 1. The molecule has 0 unspecified atom stereocenters. The van der Waals surface area contributed by atoms with Crippen molar-refractivity contribution in [2.24, 2.45) is 5.41 Å². The Morgan fingerprint density at radius 3 is 2.38 bits per heavy atom. The number of aromatic nitrogens is 1. The van der Waals surface area contributed by atoms with Gasteiger partial charge < -0.3 is 20.5 Å². The van der Waals surface area contributed by atoms with Crippen LogP contribution in [0.4, 0.5) is 0 Å². The van der Waals surface area contributed by atoms with Crippen molar-refractivity contribution in [3.05, 3.63) is 71.4 Å². The van der Waals surface area contributed by atoms with Crippen molar-refractivity contribution < 1.29 is 19.8 Å².